The molecule has 0 fully saturated rings. The Bertz CT molecular complexity index is 562. The maximum Gasteiger partial charge on any atom is 0.148 e. The molecule has 0 saturated heterocycles. The van der Waals surface area contributed by atoms with Crippen molar-refractivity contribution in [2.75, 3.05) is 13.1 Å². The molecule has 1 N–H and O–H groups in total. The minimum absolute atomic E-state index is 0.137. The summed E-state index contributed by atoms with van der Waals surface area (Å²) in [6.07, 6.45) is 0. The molecule has 0 aromatic heterocycles. The molecule has 102 valence electrons. The fourth-order valence-electron chi connectivity index (χ4n) is 1.49. The number of allylic oxidation sites excluding steroid dienone is 2. The third kappa shape index (κ3) is 5.36. The number of nitrogens with zero attached hydrogens (tertiary/aromatic N) is 3. The van der Waals surface area contributed by atoms with E-state index in [1.165, 1.54) is 0 Å². The van der Waals surface area contributed by atoms with Gasteiger partial charge in [-0.1, -0.05) is 38.1 Å². The van der Waals surface area contributed by atoms with Crippen LogP contribution in [0.2, 0.25) is 0 Å². The maximum absolute atomic E-state index is 8.93. The monoisotopic (exact) mass is 266 g/mol. The van der Waals surface area contributed by atoms with Crippen LogP contribution in [0, 0.1) is 40.9 Å². The molecule has 20 heavy (non-hydrogen) atoms. The van der Waals surface area contributed by atoms with Gasteiger partial charge in [0.15, 0.2) is 0 Å². The van der Waals surface area contributed by atoms with Crippen molar-refractivity contribution >= 4 is 5.57 Å². The molecule has 0 bridgehead atoms. The van der Waals surface area contributed by atoms with Gasteiger partial charge in [0.05, 0.1) is 5.57 Å². The van der Waals surface area contributed by atoms with Gasteiger partial charge in [-0.05, 0) is 31.1 Å². The second-order valence-corrected chi connectivity index (χ2v) is 3.86. The van der Waals surface area contributed by atoms with E-state index in [2.05, 4.69) is 19.2 Å². The van der Waals surface area contributed by atoms with Gasteiger partial charge >= 0.3 is 0 Å². The molecule has 4 nitrogen and oxygen atoms in total. The van der Waals surface area contributed by atoms with E-state index < -0.39 is 0 Å². The molecule has 0 saturated carbocycles. The molecule has 1 aromatic carbocycles. The van der Waals surface area contributed by atoms with Crippen molar-refractivity contribution in [2.45, 2.75) is 20.8 Å². The van der Waals surface area contributed by atoms with Crippen molar-refractivity contribution < 1.29 is 0 Å². The van der Waals surface area contributed by atoms with Crippen LogP contribution in [0.25, 0.3) is 5.57 Å². The maximum atomic E-state index is 8.93. The normalized spacial score (nSPS) is 8.20. The van der Waals surface area contributed by atoms with Gasteiger partial charge in [-0.15, -0.1) is 0 Å². The summed E-state index contributed by atoms with van der Waals surface area (Å²) in [5.74, 6) is 0. The lowest BCUT2D eigenvalue weighted by atomic mass is 9.98. The first-order valence-electron chi connectivity index (χ1n) is 6.37. The van der Waals surface area contributed by atoms with Gasteiger partial charge in [0.25, 0.3) is 0 Å². The van der Waals surface area contributed by atoms with Crippen molar-refractivity contribution in [1.82, 2.24) is 5.32 Å². The summed E-state index contributed by atoms with van der Waals surface area (Å²) in [5, 5.41) is 29.4. The Morgan fingerprint density at radius 3 is 1.90 bits per heavy atom. The van der Waals surface area contributed by atoms with Gasteiger partial charge in [0, 0.05) is 0 Å². The highest BCUT2D eigenvalue weighted by Crippen LogP contribution is 2.20. The molecular formula is C16H18N4. The van der Waals surface area contributed by atoms with Gasteiger partial charge in [-0.2, -0.15) is 15.8 Å². The molecule has 0 aliphatic rings. The highest BCUT2D eigenvalue weighted by molar-refractivity contribution is 5.85. The van der Waals surface area contributed by atoms with Crippen molar-refractivity contribution in [3.05, 3.63) is 41.0 Å². The molecule has 0 atom stereocenters. The lowest BCUT2D eigenvalue weighted by molar-refractivity contribution is 0.762. The number of hydrogen-bond acceptors (Lipinski definition) is 4. The lowest BCUT2D eigenvalue weighted by Crippen LogP contribution is -2.09. The zero-order valence-corrected chi connectivity index (χ0v) is 12.1. The molecule has 0 radical (unpaired) electrons. The average Bonchev–Trinajstić information content (AvgIpc) is 2.47. The predicted molar refractivity (Wildman–Crippen MR) is 79.2 cm³/mol. The largest absolute Gasteiger partial charge is 0.317 e. The Hall–Kier alpha value is -2.61. The molecule has 0 amide bonds. The summed E-state index contributed by atoms with van der Waals surface area (Å²) < 4.78 is 0. The predicted octanol–water partition coefficient (Wildman–Crippen LogP) is 2.94. The number of benzene rings is 1. The fraction of sp³-hybridized carbons (Fsp3) is 0.312. The zero-order valence-electron chi connectivity index (χ0n) is 12.1. The van der Waals surface area contributed by atoms with Gasteiger partial charge in [-0.3, -0.25) is 0 Å². The Balaban J connectivity index is 0.000000621. The summed E-state index contributed by atoms with van der Waals surface area (Å²) in [7, 11) is 0. The minimum Gasteiger partial charge on any atom is -0.317 e. The van der Waals surface area contributed by atoms with Crippen LogP contribution >= 0.6 is 0 Å². The Morgan fingerprint density at radius 2 is 1.55 bits per heavy atom. The quantitative estimate of drug-likeness (QED) is 0.852. The molecule has 1 rings (SSSR count). The van der Waals surface area contributed by atoms with Gasteiger partial charge in [-0.25, -0.2) is 0 Å². The van der Waals surface area contributed by atoms with E-state index in [9.17, 15) is 0 Å². The lowest BCUT2D eigenvalue weighted by Gasteiger charge is -2.02. The first-order valence-corrected chi connectivity index (χ1v) is 6.37. The third-order valence-corrected chi connectivity index (χ3v) is 2.50. The van der Waals surface area contributed by atoms with E-state index in [0.29, 0.717) is 5.56 Å². The number of nitrogens with one attached hydrogen (secondary N) is 1. The molecule has 0 unspecified atom stereocenters. The van der Waals surface area contributed by atoms with Crippen LogP contribution in [-0.4, -0.2) is 13.1 Å². The average molecular weight is 266 g/mol. The molecular weight excluding hydrogens is 248 g/mol. The third-order valence-electron chi connectivity index (χ3n) is 2.50. The zero-order chi connectivity index (χ0) is 15.4. The second-order valence-electron chi connectivity index (χ2n) is 3.86. The Labute approximate surface area is 120 Å². The summed E-state index contributed by atoms with van der Waals surface area (Å²) in [6.45, 7) is 8.22. The number of hydrogen-bond donors (Lipinski definition) is 1. The minimum atomic E-state index is -0.146. The Kier molecular flexibility index (Phi) is 8.98. The summed E-state index contributed by atoms with van der Waals surface area (Å²) >= 11 is 0. The van der Waals surface area contributed by atoms with Crippen LogP contribution < -0.4 is 5.32 Å². The highest BCUT2D eigenvalue weighted by atomic mass is 14.8. The van der Waals surface area contributed by atoms with Crippen molar-refractivity contribution in [2.24, 2.45) is 0 Å². The molecule has 0 aliphatic heterocycles. The van der Waals surface area contributed by atoms with E-state index in [0.717, 1.165) is 18.7 Å². The standard InChI is InChI=1S/C12H7N3.C4H11N/c1-9-4-2-3-5-11(9)12(8-15)10(6-13)7-14;1-3-5-4-2/h2-5H,1H3;5H,3-4H2,1-2H3. The molecule has 0 spiro atoms. The fourth-order valence-corrected chi connectivity index (χ4v) is 1.49. The van der Waals surface area contributed by atoms with E-state index in [-0.39, 0.29) is 11.1 Å². The van der Waals surface area contributed by atoms with Crippen LogP contribution in [0.1, 0.15) is 25.0 Å². The van der Waals surface area contributed by atoms with Gasteiger partial charge < -0.3 is 5.32 Å². The van der Waals surface area contributed by atoms with Crippen LogP contribution in [0.5, 0.6) is 0 Å². The summed E-state index contributed by atoms with van der Waals surface area (Å²) in [5.41, 5.74) is 1.50. The number of aryl methyl sites for hydroxylation is 1. The number of nitriles is 3. The van der Waals surface area contributed by atoms with E-state index in [1.54, 1.807) is 24.3 Å². The van der Waals surface area contributed by atoms with Crippen LogP contribution in [0.15, 0.2) is 29.8 Å². The molecule has 4 heteroatoms. The van der Waals surface area contributed by atoms with Crippen LogP contribution in [-0.2, 0) is 0 Å². The van der Waals surface area contributed by atoms with E-state index >= 15 is 0 Å². The van der Waals surface area contributed by atoms with Crippen molar-refractivity contribution in [3.8, 4) is 18.2 Å². The Morgan fingerprint density at radius 1 is 1.00 bits per heavy atom. The van der Waals surface area contributed by atoms with Crippen LogP contribution in [0.4, 0.5) is 0 Å². The van der Waals surface area contributed by atoms with Crippen LogP contribution in [0.3, 0.4) is 0 Å². The SMILES string of the molecule is CCNCC.Cc1ccccc1C(C#N)=C(C#N)C#N. The molecule has 1 aromatic rings. The molecule has 0 heterocycles. The molecule has 0 aliphatic carbocycles. The van der Waals surface area contributed by atoms with E-state index in [1.807, 2.05) is 25.1 Å². The summed E-state index contributed by atoms with van der Waals surface area (Å²) in [4.78, 5) is 0. The van der Waals surface area contributed by atoms with E-state index in [4.69, 9.17) is 15.8 Å². The van der Waals surface area contributed by atoms with Crippen molar-refractivity contribution in [3.63, 3.8) is 0 Å². The first-order chi connectivity index (χ1) is 9.65. The smallest absolute Gasteiger partial charge is 0.148 e. The van der Waals surface area contributed by atoms with Gasteiger partial charge in [0.1, 0.15) is 23.8 Å². The highest BCUT2D eigenvalue weighted by Gasteiger charge is 2.09. The topological polar surface area (TPSA) is 83.4 Å². The number of rotatable bonds is 3. The van der Waals surface area contributed by atoms with Gasteiger partial charge in [0.2, 0.25) is 0 Å². The van der Waals surface area contributed by atoms with Crippen molar-refractivity contribution in [1.29, 1.82) is 15.8 Å². The first kappa shape index (κ1) is 17.4. The summed E-state index contributed by atoms with van der Waals surface area (Å²) in [6, 6.07) is 12.5. The second kappa shape index (κ2) is 10.3.